The number of hydrogen-bond donors (Lipinski definition) is 0. The maximum atomic E-state index is 5.55. The molecule has 0 aliphatic rings. The molecular formula is C22H15N3OS. The van der Waals surface area contributed by atoms with Gasteiger partial charge in [0, 0.05) is 21.1 Å². The van der Waals surface area contributed by atoms with Crippen LogP contribution in [0.5, 0.6) is 5.75 Å². The summed E-state index contributed by atoms with van der Waals surface area (Å²) in [5.41, 5.74) is 2.74. The van der Waals surface area contributed by atoms with E-state index in [4.69, 9.17) is 9.72 Å². The summed E-state index contributed by atoms with van der Waals surface area (Å²) >= 11 is 1.65. The monoisotopic (exact) mass is 369 g/mol. The molecule has 0 radical (unpaired) electrons. The minimum Gasteiger partial charge on any atom is -0.494 e. The Morgan fingerprint density at radius 3 is 2.33 bits per heavy atom. The van der Waals surface area contributed by atoms with E-state index in [0.29, 0.717) is 0 Å². The summed E-state index contributed by atoms with van der Waals surface area (Å²) in [6.07, 6.45) is 1.62. The number of methoxy groups -OCH3 is 1. The molecule has 5 aromatic rings. The zero-order valence-corrected chi connectivity index (χ0v) is 15.4. The minimum absolute atomic E-state index is 0.771. The lowest BCUT2D eigenvalue weighted by atomic mass is 10.1. The molecule has 0 atom stereocenters. The molecule has 5 rings (SSSR count). The fourth-order valence-electron chi connectivity index (χ4n) is 3.28. The van der Waals surface area contributed by atoms with E-state index in [-0.39, 0.29) is 0 Å². The summed E-state index contributed by atoms with van der Waals surface area (Å²) < 4.78 is 5.55. The molecule has 0 spiro atoms. The van der Waals surface area contributed by atoms with E-state index in [2.05, 4.69) is 28.2 Å². The summed E-state index contributed by atoms with van der Waals surface area (Å²) in [6, 6.07) is 22.3. The van der Waals surface area contributed by atoms with Crippen LogP contribution in [0.1, 0.15) is 0 Å². The Morgan fingerprint density at radius 1 is 0.741 bits per heavy atom. The lowest BCUT2D eigenvalue weighted by Gasteiger charge is -2.13. The van der Waals surface area contributed by atoms with Crippen molar-refractivity contribution < 1.29 is 4.74 Å². The number of nitrogens with zero attached hydrogens (tertiary/aromatic N) is 3. The number of hydrogen-bond acceptors (Lipinski definition) is 5. The van der Waals surface area contributed by atoms with Gasteiger partial charge in [-0.2, -0.15) is 0 Å². The van der Waals surface area contributed by atoms with Gasteiger partial charge in [0.25, 0.3) is 0 Å². The number of benzene rings is 3. The van der Waals surface area contributed by atoms with E-state index in [1.807, 2.05) is 48.5 Å². The molecule has 0 fully saturated rings. The first kappa shape index (κ1) is 16.0. The van der Waals surface area contributed by atoms with Gasteiger partial charge < -0.3 is 4.74 Å². The first-order chi connectivity index (χ1) is 13.3. The first-order valence-corrected chi connectivity index (χ1v) is 9.40. The highest BCUT2D eigenvalue weighted by Crippen LogP contribution is 2.41. The van der Waals surface area contributed by atoms with Gasteiger partial charge >= 0.3 is 0 Å². The maximum Gasteiger partial charge on any atom is 0.145 e. The highest BCUT2D eigenvalue weighted by molar-refractivity contribution is 8.00. The van der Waals surface area contributed by atoms with Gasteiger partial charge in [0.05, 0.1) is 18.1 Å². The van der Waals surface area contributed by atoms with Crippen molar-refractivity contribution in [3.8, 4) is 5.75 Å². The van der Waals surface area contributed by atoms with Crippen molar-refractivity contribution >= 4 is 44.5 Å². The van der Waals surface area contributed by atoms with Gasteiger partial charge in [-0.3, -0.25) is 0 Å². The molecule has 4 nitrogen and oxygen atoms in total. The van der Waals surface area contributed by atoms with Crippen molar-refractivity contribution in [3.63, 3.8) is 0 Å². The Labute approximate surface area is 160 Å². The summed E-state index contributed by atoms with van der Waals surface area (Å²) in [7, 11) is 1.68. The highest BCUT2D eigenvalue weighted by Gasteiger charge is 2.15. The van der Waals surface area contributed by atoms with Crippen LogP contribution in [0.25, 0.3) is 32.7 Å². The standard InChI is InChI=1S/C22H15N3OS/c1-26-19-12-6-9-16-20(19)25-18-11-5-2-7-14(18)21(16)27-22-15-8-3-4-10-17(15)23-13-24-22/h2-13H,1H3. The van der Waals surface area contributed by atoms with Crippen LogP contribution in [0, 0.1) is 0 Å². The van der Waals surface area contributed by atoms with Crippen LogP contribution in [-0.4, -0.2) is 22.1 Å². The number of rotatable bonds is 3. The van der Waals surface area contributed by atoms with Crippen molar-refractivity contribution in [1.29, 1.82) is 0 Å². The largest absolute Gasteiger partial charge is 0.494 e. The van der Waals surface area contributed by atoms with Crippen LogP contribution in [0.15, 0.2) is 83.0 Å². The first-order valence-electron chi connectivity index (χ1n) is 8.58. The molecule has 0 N–H and O–H groups in total. The number of aromatic nitrogens is 3. The van der Waals surface area contributed by atoms with Crippen LogP contribution in [0.3, 0.4) is 0 Å². The van der Waals surface area contributed by atoms with Crippen molar-refractivity contribution in [2.24, 2.45) is 0 Å². The molecule has 5 heteroatoms. The van der Waals surface area contributed by atoms with Crippen LogP contribution < -0.4 is 4.74 Å². The molecule has 2 aromatic heterocycles. The fourth-order valence-corrected chi connectivity index (χ4v) is 4.42. The molecule has 0 aliphatic heterocycles. The Kier molecular flexibility index (Phi) is 3.87. The summed E-state index contributed by atoms with van der Waals surface area (Å²) in [5, 5.41) is 4.13. The van der Waals surface area contributed by atoms with Gasteiger partial charge in [-0.05, 0) is 18.2 Å². The second-order valence-electron chi connectivity index (χ2n) is 6.11. The Hall–Kier alpha value is -3.18. The van der Waals surface area contributed by atoms with Crippen LogP contribution >= 0.6 is 11.8 Å². The van der Waals surface area contributed by atoms with Gasteiger partial charge in [-0.25, -0.2) is 15.0 Å². The zero-order valence-electron chi connectivity index (χ0n) is 14.6. The normalized spacial score (nSPS) is 11.3. The van der Waals surface area contributed by atoms with Crippen LogP contribution in [-0.2, 0) is 0 Å². The number of para-hydroxylation sites is 3. The molecule has 0 unspecified atom stereocenters. The second-order valence-corrected chi connectivity index (χ2v) is 7.11. The third-order valence-corrected chi connectivity index (χ3v) is 5.71. The Morgan fingerprint density at radius 2 is 1.48 bits per heavy atom. The third-order valence-electron chi connectivity index (χ3n) is 4.55. The molecular weight excluding hydrogens is 354 g/mol. The van der Waals surface area contributed by atoms with E-state index in [9.17, 15) is 0 Å². The van der Waals surface area contributed by atoms with Gasteiger partial charge in [0.1, 0.15) is 22.6 Å². The number of fused-ring (bicyclic) bond motifs is 3. The van der Waals surface area contributed by atoms with E-state index in [1.54, 1.807) is 25.2 Å². The van der Waals surface area contributed by atoms with Crippen molar-refractivity contribution in [3.05, 3.63) is 73.1 Å². The fraction of sp³-hybridized carbons (Fsp3) is 0.0455. The van der Waals surface area contributed by atoms with E-state index in [1.165, 1.54) is 0 Å². The average Bonchev–Trinajstić information content (AvgIpc) is 2.73. The Balaban J connectivity index is 1.82. The SMILES string of the molecule is COc1cccc2c(Sc3ncnc4ccccc34)c3ccccc3nc12. The van der Waals surface area contributed by atoms with Gasteiger partial charge in [0.15, 0.2) is 0 Å². The predicted molar refractivity (Wildman–Crippen MR) is 109 cm³/mol. The molecule has 0 bridgehead atoms. The number of pyridine rings is 1. The van der Waals surface area contributed by atoms with Crippen molar-refractivity contribution in [2.45, 2.75) is 9.92 Å². The average molecular weight is 369 g/mol. The third kappa shape index (κ3) is 2.67. The van der Waals surface area contributed by atoms with Gasteiger partial charge in [-0.15, -0.1) is 0 Å². The smallest absolute Gasteiger partial charge is 0.145 e. The molecule has 3 aromatic carbocycles. The quantitative estimate of drug-likeness (QED) is 0.311. The lowest BCUT2D eigenvalue weighted by molar-refractivity contribution is 0.419. The molecule has 0 amide bonds. The van der Waals surface area contributed by atoms with E-state index >= 15 is 0 Å². The number of ether oxygens (including phenoxy) is 1. The molecule has 27 heavy (non-hydrogen) atoms. The molecule has 0 aliphatic carbocycles. The summed E-state index contributed by atoms with van der Waals surface area (Å²) in [4.78, 5) is 14.9. The minimum atomic E-state index is 0.771. The highest BCUT2D eigenvalue weighted by atomic mass is 32.2. The lowest BCUT2D eigenvalue weighted by Crippen LogP contribution is -1.92. The van der Waals surface area contributed by atoms with Gasteiger partial charge in [0.2, 0.25) is 0 Å². The predicted octanol–water partition coefficient (Wildman–Crippen LogP) is 5.49. The summed E-state index contributed by atoms with van der Waals surface area (Å²) in [5.74, 6) is 0.771. The maximum absolute atomic E-state index is 5.55. The topological polar surface area (TPSA) is 47.9 Å². The second kappa shape index (κ2) is 6.52. The molecule has 0 saturated carbocycles. The summed E-state index contributed by atoms with van der Waals surface area (Å²) in [6.45, 7) is 0. The van der Waals surface area contributed by atoms with Gasteiger partial charge in [-0.1, -0.05) is 60.3 Å². The van der Waals surface area contributed by atoms with E-state index < -0.39 is 0 Å². The zero-order chi connectivity index (χ0) is 18.2. The molecule has 2 heterocycles. The van der Waals surface area contributed by atoms with Crippen molar-refractivity contribution in [2.75, 3.05) is 7.11 Å². The van der Waals surface area contributed by atoms with E-state index in [0.717, 1.165) is 48.4 Å². The molecule has 0 saturated heterocycles. The van der Waals surface area contributed by atoms with Crippen LogP contribution in [0.4, 0.5) is 0 Å². The molecule has 130 valence electrons. The van der Waals surface area contributed by atoms with Crippen LogP contribution in [0.2, 0.25) is 0 Å². The Bertz CT molecular complexity index is 1300. The van der Waals surface area contributed by atoms with Crippen molar-refractivity contribution in [1.82, 2.24) is 15.0 Å².